The first-order valence-electron chi connectivity index (χ1n) is 2.22. The van der Waals surface area contributed by atoms with E-state index in [0.717, 1.165) is 0 Å². The van der Waals surface area contributed by atoms with Gasteiger partial charge in [0.25, 0.3) is 0 Å². The van der Waals surface area contributed by atoms with Crippen molar-refractivity contribution in [2.45, 2.75) is 0 Å². The van der Waals surface area contributed by atoms with Crippen LogP contribution in [0.1, 0.15) is 10.5 Å². The van der Waals surface area contributed by atoms with Gasteiger partial charge in [-0.1, -0.05) is 0 Å². The van der Waals surface area contributed by atoms with Crippen LogP contribution in [0.5, 0.6) is 0 Å². The highest BCUT2D eigenvalue weighted by Crippen LogP contribution is 2.02. The Labute approximate surface area is 50.5 Å². The van der Waals surface area contributed by atoms with Gasteiger partial charge in [0.15, 0.2) is 0 Å². The van der Waals surface area contributed by atoms with Crippen molar-refractivity contribution in [3.8, 4) is 0 Å². The molecule has 9 heavy (non-hydrogen) atoms. The number of carbonyl (C=O) groups excluding carboxylic acids is 1. The van der Waals surface area contributed by atoms with E-state index in [2.05, 4.69) is 10.2 Å². The Bertz CT molecular complexity index is 229. The van der Waals surface area contributed by atoms with Gasteiger partial charge in [0, 0.05) is 0 Å². The van der Waals surface area contributed by atoms with Crippen LogP contribution >= 0.6 is 0 Å². The number of anilines is 1. The first-order valence-corrected chi connectivity index (χ1v) is 2.22. The van der Waals surface area contributed by atoms with Crippen molar-refractivity contribution in [1.29, 1.82) is 0 Å². The van der Waals surface area contributed by atoms with E-state index >= 15 is 0 Å². The highest BCUT2D eigenvalue weighted by atomic mass is 16.4. The number of nitrogens with one attached hydrogen (secondary N) is 1. The lowest BCUT2D eigenvalue weighted by Gasteiger charge is -1.95. The Morgan fingerprint density at radius 3 is 2.78 bits per heavy atom. The number of hydrogen-bond acceptors (Lipinski definition) is 4. The van der Waals surface area contributed by atoms with Crippen molar-refractivity contribution < 1.29 is 9.90 Å². The Hall–Kier alpha value is -1.52. The fourth-order valence-electron chi connectivity index (χ4n) is 0.459. The van der Waals surface area contributed by atoms with Crippen molar-refractivity contribution in [2.75, 3.05) is 5.73 Å². The molecule has 5 heteroatoms. The summed E-state index contributed by atoms with van der Waals surface area (Å²) in [5.41, 5.74) is 5.05. The number of aromatic amines is 1. The normalized spacial score (nSPS) is 9.33. The molecule has 1 rings (SSSR count). The number of aromatic nitrogens is 2. The van der Waals surface area contributed by atoms with Crippen LogP contribution < -0.4 is 10.8 Å². The first kappa shape index (κ1) is 5.61. The summed E-state index contributed by atoms with van der Waals surface area (Å²) in [4.78, 5) is 10.0. The third-order valence-electron chi connectivity index (χ3n) is 0.873. The molecular formula is C4H4N3O2-. The summed E-state index contributed by atoms with van der Waals surface area (Å²) in [6.07, 6.45) is 1.21. The lowest BCUT2D eigenvalue weighted by atomic mass is 10.4. The molecule has 1 heterocycles. The van der Waals surface area contributed by atoms with Crippen molar-refractivity contribution >= 4 is 11.7 Å². The molecule has 1 aromatic heterocycles. The van der Waals surface area contributed by atoms with E-state index in [4.69, 9.17) is 5.73 Å². The minimum atomic E-state index is -1.34. The summed E-state index contributed by atoms with van der Waals surface area (Å²) in [6.45, 7) is 0. The molecule has 0 aliphatic rings. The Morgan fingerprint density at radius 2 is 2.56 bits per heavy atom. The molecule has 0 bridgehead atoms. The summed E-state index contributed by atoms with van der Waals surface area (Å²) >= 11 is 0. The average molecular weight is 126 g/mol. The Kier molecular flexibility index (Phi) is 1.11. The van der Waals surface area contributed by atoms with E-state index in [1.165, 1.54) is 6.20 Å². The van der Waals surface area contributed by atoms with Crippen LogP contribution in [-0.2, 0) is 0 Å². The van der Waals surface area contributed by atoms with Crippen LogP contribution in [0.15, 0.2) is 6.20 Å². The molecule has 0 fully saturated rings. The Morgan fingerprint density at radius 1 is 1.89 bits per heavy atom. The summed E-state index contributed by atoms with van der Waals surface area (Å²) in [6, 6.07) is 0. The molecule has 1 aromatic rings. The van der Waals surface area contributed by atoms with Crippen LogP contribution in [0.25, 0.3) is 0 Å². The second kappa shape index (κ2) is 1.77. The second-order valence-corrected chi connectivity index (χ2v) is 1.49. The number of rotatable bonds is 1. The lowest BCUT2D eigenvalue weighted by molar-refractivity contribution is -0.255. The van der Waals surface area contributed by atoms with Gasteiger partial charge in [-0.15, -0.1) is 0 Å². The standard InChI is InChI=1S/C4H5N3O2/c5-2-1-6-7-3(2)4(8)9/h1H,5H2,(H,6,7)(H,8,9)/p-1. The van der Waals surface area contributed by atoms with E-state index in [0.29, 0.717) is 0 Å². The summed E-state index contributed by atoms with van der Waals surface area (Å²) < 4.78 is 0. The average Bonchev–Trinajstić information content (AvgIpc) is 2.13. The van der Waals surface area contributed by atoms with Gasteiger partial charge in [-0.05, 0) is 0 Å². The van der Waals surface area contributed by atoms with Gasteiger partial charge in [-0.25, -0.2) is 0 Å². The number of nitrogens with zero attached hydrogens (tertiary/aromatic N) is 1. The van der Waals surface area contributed by atoms with Crippen molar-refractivity contribution in [1.82, 2.24) is 10.2 Å². The van der Waals surface area contributed by atoms with Gasteiger partial charge in [0.1, 0.15) is 5.69 Å². The van der Waals surface area contributed by atoms with E-state index < -0.39 is 5.97 Å². The van der Waals surface area contributed by atoms with Crippen LogP contribution in [-0.4, -0.2) is 16.2 Å². The van der Waals surface area contributed by atoms with E-state index in [9.17, 15) is 9.90 Å². The second-order valence-electron chi connectivity index (χ2n) is 1.49. The quantitative estimate of drug-likeness (QED) is 0.471. The predicted octanol–water partition coefficient (Wildman–Crippen LogP) is -1.64. The number of carboxylic acid groups (broad SMARTS) is 1. The summed E-state index contributed by atoms with van der Waals surface area (Å²) in [5.74, 6) is -1.34. The van der Waals surface area contributed by atoms with Crippen molar-refractivity contribution in [3.05, 3.63) is 11.9 Å². The Balaban J connectivity index is 3.08. The fourth-order valence-corrected chi connectivity index (χ4v) is 0.459. The van der Waals surface area contributed by atoms with Gasteiger partial charge in [-0.2, -0.15) is 5.10 Å². The first-order chi connectivity index (χ1) is 4.22. The number of carbonyl (C=O) groups is 1. The third kappa shape index (κ3) is 0.835. The SMILES string of the molecule is Nc1cn[nH]c1C(=O)[O-]. The van der Waals surface area contributed by atoms with E-state index in [1.54, 1.807) is 0 Å². The number of nitrogen functional groups attached to an aromatic ring is 1. The zero-order valence-corrected chi connectivity index (χ0v) is 4.42. The van der Waals surface area contributed by atoms with Crippen LogP contribution in [0.3, 0.4) is 0 Å². The highest BCUT2D eigenvalue weighted by molar-refractivity contribution is 5.89. The molecule has 5 nitrogen and oxygen atoms in total. The number of nitrogens with two attached hydrogens (primary N) is 1. The minimum Gasteiger partial charge on any atom is -0.543 e. The van der Waals surface area contributed by atoms with Crippen LogP contribution in [0.2, 0.25) is 0 Å². The fraction of sp³-hybridized carbons (Fsp3) is 0. The molecular weight excluding hydrogens is 122 g/mol. The molecule has 0 aromatic carbocycles. The van der Waals surface area contributed by atoms with Crippen LogP contribution in [0, 0.1) is 0 Å². The summed E-state index contributed by atoms with van der Waals surface area (Å²) in [5, 5.41) is 15.6. The number of aromatic carboxylic acids is 1. The van der Waals surface area contributed by atoms with Gasteiger partial charge >= 0.3 is 0 Å². The smallest absolute Gasteiger partial charge is 0.103 e. The molecule has 0 aliphatic carbocycles. The third-order valence-corrected chi connectivity index (χ3v) is 0.873. The maximum Gasteiger partial charge on any atom is 0.103 e. The molecule has 0 saturated carbocycles. The maximum atomic E-state index is 10.0. The number of H-pyrrole nitrogens is 1. The minimum absolute atomic E-state index is 0.0926. The predicted molar refractivity (Wildman–Crippen MR) is 27.3 cm³/mol. The van der Waals surface area contributed by atoms with Gasteiger partial charge in [0.05, 0.1) is 17.9 Å². The van der Waals surface area contributed by atoms with E-state index in [1.807, 2.05) is 0 Å². The molecule has 0 aliphatic heterocycles. The molecule has 0 saturated heterocycles. The molecule has 0 amide bonds. The maximum absolute atomic E-state index is 10.0. The zero-order valence-electron chi connectivity index (χ0n) is 4.42. The number of hydrogen-bond donors (Lipinski definition) is 2. The largest absolute Gasteiger partial charge is 0.543 e. The topological polar surface area (TPSA) is 94.8 Å². The summed E-state index contributed by atoms with van der Waals surface area (Å²) in [7, 11) is 0. The molecule has 0 radical (unpaired) electrons. The molecule has 0 spiro atoms. The molecule has 48 valence electrons. The molecule has 3 N–H and O–H groups in total. The van der Waals surface area contributed by atoms with E-state index in [-0.39, 0.29) is 11.4 Å². The lowest BCUT2D eigenvalue weighted by Crippen LogP contribution is -2.23. The number of carboxylic acids is 1. The van der Waals surface area contributed by atoms with Crippen LogP contribution in [0.4, 0.5) is 5.69 Å². The molecule has 0 unspecified atom stereocenters. The highest BCUT2D eigenvalue weighted by Gasteiger charge is 1.98. The van der Waals surface area contributed by atoms with Crippen molar-refractivity contribution in [3.63, 3.8) is 0 Å². The zero-order chi connectivity index (χ0) is 6.85. The van der Waals surface area contributed by atoms with Gasteiger partial charge < -0.3 is 15.6 Å². The monoisotopic (exact) mass is 126 g/mol. The van der Waals surface area contributed by atoms with Gasteiger partial charge in [0.2, 0.25) is 0 Å². The van der Waals surface area contributed by atoms with Crippen molar-refractivity contribution in [2.24, 2.45) is 0 Å². The van der Waals surface area contributed by atoms with Gasteiger partial charge in [-0.3, -0.25) is 5.10 Å². The molecule has 0 atom stereocenters.